The highest BCUT2D eigenvalue weighted by Crippen LogP contribution is 1.56. The van der Waals surface area contributed by atoms with Gasteiger partial charge in [0.25, 0.3) is 12.9 Å². The molecule has 68 valence electrons. The summed E-state index contributed by atoms with van der Waals surface area (Å²) in [6.07, 6.45) is 2.12. The molecule has 0 amide bonds. The highest BCUT2D eigenvalue weighted by Gasteiger charge is 1.53. The normalized spacial score (nSPS) is 5.00. The van der Waals surface area contributed by atoms with E-state index in [1.165, 1.54) is 0 Å². The Labute approximate surface area is 71.8 Å². The zero-order chi connectivity index (χ0) is 10.2. The van der Waals surface area contributed by atoms with E-state index in [4.69, 9.17) is 9.59 Å². The Bertz CT molecular complexity index is 94.2. The first-order chi connectivity index (χ1) is 5.83. The standard InChI is InChI=1S/2C3H4O2.C2H4/c2*1-2-5-3-4;1-2/h2*2-3H,1H2;1-2H2. The molecule has 0 spiro atoms. The van der Waals surface area contributed by atoms with E-state index in [0.717, 1.165) is 12.5 Å². The topological polar surface area (TPSA) is 52.6 Å². The summed E-state index contributed by atoms with van der Waals surface area (Å²) in [6, 6.07) is 0. The number of hydrogen-bond acceptors (Lipinski definition) is 4. The summed E-state index contributed by atoms with van der Waals surface area (Å²) >= 11 is 0. The molecule has 0 fully saturated rings. The van der Waals surface area contributed by atoms with Crippen molar-refractivity contribution in [1.82, 2.24) is 0 Å². The van der Waals surface area contributed by atoms with Gasteiger partial charge in [-0.3, -0.25) is 9.59 Å². The second-order valence-electron chi connectivity index (χ2n) is 0.798. The molecule has 0 aromatic rings. The van der Waals surface area contributed by atoms with Crippen LogP contribution in [0.25, 0.3) is 0 Å². The average Bonchev–Trinajstić information content (AvgIpc) is 2.12. The van der Waals surface area contributed by atoms with E-state index < -0.39 is 0 Å². The van der Waals surface area contributed by atoms with Gasteiger partial charge in [0.05, 0.1) is 12.5 Å². The molecule has 0 saturated heterocycles. The van der Waals surface area contributed by atoms with Gasteiger partial charge in [0, 0.05) is 0 Å². The predicted octanol–water partition coefficient (Wildman–Crippen LogP) is 1.41. The summed E-state index contributed by atoms with van der Waals surface area (Å²) in [5.74, 6) is 0. The van der Waals surface area contributed by atoms with Crippen LogP contribution in [0.2, 0.25) is 0 Å². The van der Waals surface area contributed by atoms with Gasteiger partial charge in [-0.2, -0.15) is 0 Å². The summed E-state index contributed by atoms with van der Waals surface area (Å²) in [5.41, 5.74) is 0. The van der Waals surface area contributed by atoms with E-state index in [9.17, 15) is 0 Å². The summed E-state index contributed by atoms with van der Waals surface area (Å²) in [7, 11) is 0. The first-order valence-electron chi connectivity index (χ1n) is 2.73. The minimum absolute atomic E-state index is 0.312. The van der Waals surface area contributed by atoms with Gasteiger partial charge < -0.3 is 9.47 Å². The maximum absolute atomic E-state index is 9.11. The minimum atomic E-state index is 0.312. The Morgan fingerprint density at radius 1 is 0.833 bits per heavy atom. The Morgan fingerprint density at radius 3 is 1.08 bits per heavy atom. The molecular weight excluding hydrogens is 160 g/mol. The highest BCUT2D eigenvalue weighted by atomic mass is 16.5. The van der Waals surface area contributed by atoms with Crippen molar-refractivity contribution < 1.29 is 19.1 Å². The molecule has 0 aliphatic rings. The van der Waals surface area contributed by atoms with Crippen LogP contribution in [0.4, 0.5) is 0 Å². The lowest BCUT2D eigenvalue weighted by Gasteiger charge is -1.71. The number of hydrogen-bond donors (Lipinski definition) is 0. The minimum Gasteiger partial charge on any atom is -0.437 e. The molecule has 0 saturated carbocycles. The molecule has 0 aromatic carbocycles. The largest absolute Gasteiger partial charge is 0.437 e. The summed E-state index contributed by atoms with van der Waals surface area (Å²) < 4.78 is 7.83. The fourth-order valence-electron chi connectivity index (χ4n) is 0.0786. The van der Waals surface area contributed by atoms with Gasteiger partial charge in [0.2, 0.25) is 0 Å². The van der Waals surface area contributed by atoms with Crippen LogP contribution in [0.15, 0.2) is 38.8 Å². The van der Waals surface area contributed by atoms with Crippen LogP contribution in [-0.2, 0) is 19.1 Å². The molecular formula is C8H12O4. The lowest BCUT2D eigenvalue weighted by molar-refractivity contribution is -0.124. The van der Waals surface area contributed by atoms with Gasteiger partial charge in [-0.05, 0) is 0 Å². The lowest BCUT2D eigenvalue weighted by Crippen LogP contribution is -1.66. The molecule has 0 atom stereocenters. The molecule has 0 N–H and O–H groups in total. The Morgan fingerprint density at radius 2 is 1.08 bits per heavy atom. The lowest BCUT2D eigenvalue weighted by atomic mass is 11.1. The molecule has 0 aliphatic heterocycles. The molecule has 4 nitrogen and oxygen atoms in total. The van der Waals surface area contributed by atoms with E-state index in [2.05, 4.69) is 35.8 Å². The van der Waals surface area contributed by atoms with Crippen LogP contribution in [-0.4, -0.2) is 12.9 Å². The summed E-state index contributed by atoms with van der Waals surface area (Å²) in [4.78, 5) is 18.2. The summed E-state index contributed by atoms with van der Waals surface area (Å²) in [5, 5.41) is 0. The van der Waals surface area contributed by atoms with E-state index in [0.29, 0.717) is 12.9 Å². The maximum Gasteiger partial charge on any atom is 0.297 e. The number of ether oxygens (including phenoxy) is 2. The van der Waals surface area contributed by atoms with Crippen LogP contribution < -0.4 is 0 Å². The van der Waals surface area contributed by atoms with Crippen molar-refractivity contribution in [2.24, 2.45) is 0 Å². The van der Waals surface area contributed by atoms with Crippen molar-refractivity contribution in [3.63, 3.8) is 0 Å². The SMILES string of the molecule is C=C.C=COC=O.C=COC=O. The Hall–Kier alpha value is -1.84. The van der Waals surface area contributed by atoms with Gasteiger partial charge >= 0.3 is 0 Å². The number of rotatable bonds is 4. The molecule has 0 heterocycles. The van der Waals surface area contributed by atoms with Gasteiger partial charge in [-0.15, -0.1) is 13.2 Å². The number of carbonyl (C=O) groups is 2. The number of carbonyl (C=O) groups excluding carboxylic acids is 2. The Kier molecular flexibility index (Phi) is 48.8. The van der Waals surface area contributed by atoms with Crippen molar-refractivity contribution in [3.05, 3.63) is 38.8 Å². The van der Waals surface area contributed by atoms with Gasteiger partial charge in [-0.1, -0.05) is 13.2 Å². The smallest absolute Gasteiger partial charge is 0.297 e. The second kappa shape index (κ2) is 35.2. The van der Waals surface area contributed by atoms with E-state index in [-0.39, 0.29) is 0 Å². The fourth-order valence-corrected chi connectivity index (χ4v) is 0.0786. The van der Waals surface area contributed by atoms with Crippen molar-refractivity contribution in [1.29, 1.82) is 0 Å². The van der Waals surface area contributed by atoms with Gasteiger partial charge in [0.1, 0.15) is 0 Å². The molecule has 12 heavy (non-hydrogen) atoms. The van der Waals surface area contributed by atoms with Crippen molar-refractivity contribution in [2.45, 2.75) is 0 Å². The van der Waals surface area contributed by atoms with Crippen molar-refractivity contribution in [2.75, 3.05) is 0 Å². The summed E-state index contributed by atoms with van der Waals surface area (Å²) in [6.45, 7) is 12.8. The van der Waals surface area contributed by atoms with Gasteiger partial charge in [0.15, 0.2) is 0 Å². The fraction of sp³-hybridized carbons (Fsp3) is 0. The van der Waals surface area contributed by atoms with Crippen LogP contribution >= 0.6 is 0 Å². The highest BCUT2D eigenvalue weighted by molar-refractivity contribution is 5.38. The second-order valence-corrected chi connectivity index (χ2v) is 0.798. The average molecular weight is 172 g/mol. The van der Waals surface area contributed by atoms with Crippen molar-refractivity contribution >= 4 is 12.9 Å². The van der Waals surface area contributed by atoms with Crippen LogP contribution in [0.1, 0.15) is 0 Å². The zero-order valence-electron chi connectivity index (χ0n) is 6.77. The van der Waals surface area contributed by atoms with Crippen LogP contribution in [0.5, 0.6) is 0 Å². The third-order valence-electron chi connectivity index (χ3n) is 0.304. The molecule has 0 rings (SSSR count). The first-order valence-corrected chi connectivity index (χ1v) is 2.73. The maximum atomic E-state index is 9.11. The van der Waals surface area contributed by atoms with Crippen LogP contribution in [0.3, 0.4) is 0 Å². The van der Waals surface area contributed by atoms with E-state index in [1.807, 2.05) is 0 Å². The van der Waals surface area contributed by atoms with Gasteiger partial charge in [-0.25, -0.2) is 0 Å². The molecule has 0 aliphatic carbocycles. The van der Waals surface area contributed by atoms with Crippen LogP contribution in [0, 0.1) is 0 Å². The molecule has 0 radical (unpaired) electrons. The Balaban J connectivity index is -0.000000112. The zero-order valence-corrected chi connectivity index (χ0v) is 6.77. The third kappa shape index (κ3) is 89.7. The van der Waals surface area contributed by atoms with E-state index >= 15 is 0 Å². The molecule has 0 unspecified atom stereocenters. The molecule has 0 aromatic heterocycles. The monoisotopic (exact) mass is 172 g/mol. The molecule has 4 heteroatoms. The third-order valence-corrected chi connectivity index (χ3v) is 0.304. The predicted molar refractivity (Wildman–Crippen MR) is 45.9 cm³/mol. The first kappa shape index (κ1) is 16.6. The quantitative estimate of drug-likeness (QED) is 0.365. The molecule has 0 bridgehead atoms. The van der Waals surface area contributed by atoms with Crippen molar-refractivity contribution in [3.8, 4) is 0 Å². The van der Waals surface area contributed by atoms with E-state index in [1.54, 1.807) is 0 Å².